The van der Waals surface area contributed by atoms with Crippen LogP contribution in [0.1, 0.15) is 26.3 Å². The maximum atomic E-state index is 3.96. The molecule has 1 heterocycles. The van der Waals surface area contributed by atoms with Crippen molar-refractivity contribution in [2.24, 2.45) is 0 Å². The zero-order valence-corrected chi connectivity index (χ0v) is 10.2. The molecule has 82 valence electrons. The van der Waals surface area contributed by atoms with E-state index >= 15 is 0 Å². The van der Waals surface area contributed by atoms with Crippen molar-refractivity contribution in [3.05, 3.63) is 30.1 Å². The Bertz CT molecular complexity index is 232. The molecular formula is C10H16Cl2N2-2. The molecule has 0 atom stereocenters. The first-order chi connectivity index (χ1) is 5.58. The quantitative estimate of drug-likeness (QED) is 0.565. The summed E-state index contributed by atoms with van der Waals surface area (Å²) in [5.41, 5.74) is 1.46. The highest BCUT2D eigenvalue weighted by Gasteiger charge is 2.07. The average Bonchev–Trinajstić information content (AvgIpc) is 2.02. The summed E-state index contributed by atoms with van der Waals surface area (Å²) >= 11 is 0. The summed E-state index contributed by atoms with van der Waals surface area (Å²) in [5.74, 6) is 0. The molecule has 0 aliphatic rings. The second-order valence-corrected chi connectivity index (χ2v) is 3.96. The molecule has 1 aromatic rings. The van der Waals surface area contributed by atoms with Crippen molar-refractivity contribution < 1.29 is 24.8 Å². The lowest BCUT2D eigenvalue weighted by molar-refractivity contribution is -0.001000. The van der Waals surface area contributed by atoms with Gasteiger partial charge in [0.2, 0.25) is 0 Å². The van der Waals surface area contributed by atoms with E-state index in [-0.39, 0.29) is 30.4 Å². The van der Waals surface area contributed by atoms with Crippen LogP contribution in [0, 0.1) is 0 Å². The summed E-state index contributed by atoms with van der Waals surface area (Å²) in [6.45, 7) is 7.39. The van der Waals surface area contributed by atoms with Crippen molar-refractivity contribution in [2.75, 3.05) is 0 Å². The van der Waals surface area contributed by atoms with E-state index in [0.717, 1.165) is 6.54 Å². The van der Waals surface area contributed by atoms with Crippen LogP contribution in [-0.2, 0) is 6.54 Å². The third-order valence-electron chi connectivity index (χ3n) is 1.57. The highest BCUT2D eigenvalue weighted by molar-refractivity contribution is 5.09. The third kappa shape index (κ3) is 7.13. The fourth-order valence-corrected chi connectivity index (χ4v) is 0.868. The summed E-state index contributed by atoms with van der Waals surface area (Å²) in [6.07, 6.45) is 3.64. The first-order valence-corrected chi connectivity index (χ1v) is 4.22. The number of nitrogens with one attached hydrogen (secondary N) is 1. The minimum Gasteiger partial charge on any atom is -1.00 e. The Kier molecular flexibility index (Phi) is 8.12. The van der Waals surface area contributed by atoms with Gasteiger partial charge in [-0.3, -0.25) is 4.98 Å². The Labute approximate surface area is 98.3 Å². The molecule has 2 nitrogen and oxygen atoms in total. The Morgan fingerprint density at radius 3 is 2.07 bits per heavy atom. The van der Waals surface area contributed by atoms with E-state index in [0.29, 0.717) is 0 Å². The van der Waals surface area contributed by atoms with Gasteiger partial charge in [0.15, 0.2) is 0 Å². The van der Waals surface area contributed by atoms with E-state index < -0.39 is 0 Å². The predicted molar refractivity (Wildman–Crippen MR) is 50.8 cm³/mol. The molecule has 0 radical (unpaired) electrons. The van der Waals surface area contributed by atoms with Crippen molar-refractivity contribution in [1.29, 1.82) is 0 Å². The van der Waals surface area contributed by atoms with Gasteiger partial charge in [-0.15, -0.1) is 0 Å². The Balaban J connectivity index is 0. The number of rotatable bonds is 2. The van der Waals surface area contributed by atoms with Crippen molar-refractivity contribution in [3.63, 3.8) is 0 Å². The van der Waals surface area contributed by atoms with Crippen LogP contribution in [0.2, 0.25) is 0 Å². The van der Waals surface area contributed by atoms with Gasteiger partial charge in [0.1, 0.15) is 0 Å². The second-order valence-electron chi connectivity index (χ2n) is 3.96. The molecule has 0 bridgehead atoms. The molecule has 1 aromatic heterocycles. The molecule has 0 fully saturated rings. The van der Waals surface area contributed by atoms with E-state index in [1.165, 1.54) is 5.56 Å². The fourth-order valence-electron chi connectivity index (χ4n) is 0.868. The minimum atomic E-state index is 0. The third-order valence-corrected chi connectivity index (χ3v) is 1.57. The Hall–Kier alpha value is -0.310. The monoisotopic (exact) mass is 234 g/mol. The molecule has 0 spiro atoms. The molecule has 14 heavy (non-hydrogen) atoms. The predicted octanol–water partition coefficient (Wildman–Crippen LogP) is -4.02. The summed E-state index contributed by atoms with van der Waals surface area (Å²) in [5, 5.41) is 3.41. The SMILES string of the molecule is CC(C)(C)NCc1ccncc1.[Cl-].[Cl-]. The number of hydrogen-bond acceptors (Lipinski definition) is 2. The van der Waals surface area contributed by atoms with Crippen LogP contribution in [0.15, 0.2) is 24.5 Å². The van der Waals surface area contributed by atoms with Gasteiger partial charge in [-0.2, -0.15) is 0 Å². The minimum absolute atomic E-state index is 0. The van der Waals surface area contributed by atoms with Crippen LogP contribution in [0.3, 0.4) is 0 Å². The van der Waals surface area contributed by atoms with E-state index in [1.807, 2.05) is 24.5 Å². The van der Waals surface area contributed by atoms with Crippen LogP contribution in [-0.4, -0.2) is 10.5 Å². The topological polar surface area (TPSA) is 24.9 Å². The molecule has 0 aliphatic heterocycles. The van der Waals surface area contributed by atoms with Gasteiger partial charge in [0.25, 0.3) is 0 Å². The second kappa shape index (κ2) is 7.04. The summed E-state index contributed by atoms with van der Waals surface area (Å²) in [6, 6.07) is 4.05. The number of hydrogen-bond donors (Lipinski definition) is 1. The van der Waals surface area contributed by atoms with Crippen molar-refractivity contribution >= 4 is 0 Å². The normalized spacial score (nSPS) is 9.93. The first-order valence-electron chi connectivity index (χ1n) is 4.22. The Morgan fingerprint density at radius 1 is 1.14 bits per heavy atom. The zero-order valence-electron chi connectivity index (χ0n) is 8.72. The molecule has 1 N–H and O–H groups in total. The van der Waals surface area contributed by atoms with Crippen LogP contribution < -0.4 is 30.1 Å². The van der Waals surface area contributed by atoms with Crippen molar-refractivity contribution in [1.82, 2.24) is 10.3 Å². The van der Waals surface area contributed by atoms with Gasteiger partial charge in [-0.05, 0) is 38.5 Å². The smallest absolute Gasteiger partial charge is 0.0271 e. The lowest BCUT2D eigenvalue weighted by atomic mass is 10.1. The standard InChI is InChI=1S/C10H16N2.2ClH/c1-10(2,3)12-8-9-4-6-11-7-5-9;;/h4-7,12H,8H2,1-3H3;2*1H/p-2. The number of aromatic nitrogens is 1. The highest BCUT2D eigenvalue weighted by Crippen LogP contribution is 2.02. The van der Waals surface area contributed by atoms with Crippen LogP contribution in [0.4, 0.5) is 0 Å². The lowest BCUT2D eigenvalue weighted by Gasteiger charge is -2.20. The zero-order chi connectivity index (χ0) is 9.03. The molecule has 0 saturated carbocycles. The molecule has 0 amide bonds. The summed E-state index contributed by atoms with van der Waals surface area (Å²) in [4.78, 5) is 3.96. The molecule has 0 aliphatic carbocycles. The van der Waals surface area contributed by atoms with Crippen molar-refractivity contribution in [2.45, 2.75) is 32.9 Å². The fraction of sp³-hybridized carbons (Fsp3) is 0.500. The Morgan fingerprint density at radius 2 is 1.64 bits per heavy atom. The molecular weight excluding hydrogens is 219 g/mol. The van der Waals surface area contributed by atoms with E-state index in [9.17, 15) is 0 Å². The van der Waals surface area contributed by atoms with Gasteiger partial charge >= 0.3 is 0 Å². The average molecular weight is 235 g/mol. The van der Waals surface area contributed by atoms with Gasteiger partial charge in [0, 0.05) is 24.5 Å². The highest BCUT2D eigenvalue weighted by atomic mass is 35.5. The largest absolute Gasteiger partial charge is 1.00 e. The first kappa shape index (κ1) is 16.1. The lowest BCUT2D eigenvalue weighted by Crippen LogP contribution is -3.00. The van der Waals surface area contributed by atoms with Gasteiger partial charge in [0.05, 0.1) is 0 Å². The number of nitrogens with zero attached hydrogens (tertiary/aromatic N) is 1. The van der Waals surface area contributed by atoms with Crippen LogP contribution >= 0.6 is 0 Å². The molecule has 0 aromatic carbocycles. The van der Waals surface area contributed by atoms with Crippen LogP contribution in [0.25, 0.3) is 0 Å². The summed E-state index contributed by atoms with van der Waals surface area (Å²) in [7, 11) is 0. The molecule has 1 rings (SSSR count). The van der Waals surface area contributed by atoms with Gasteiger partial charge in [-0.1, -0.05) is 0 Å². The van der Waals surface area contributed by atoms with E-state index in [4.69, 9.17) is 0 Å². The molecule has 4 heteroatoms. The van der Waals surface area contributed by atoms with E-state index in [1.54, 1.807) is 0 Å². The van der Waals surface area contributed by atoms with Crippen LogP contribution in [0.5, 0.6) is 0 Å². The van der Waals surface area contributed by atoms with E-state index in [2.05, 4.69) is 31.1 Å². The molecule has 0 unspecified atom stereocenters. The van der Waals surface area contributed by atoms with Crippen molar-refractivity contribution in [3.8, 4) is 0 Å². The van der Waals surface area contributed by atoms with Gasteiger partial charge < -0.3 is 30.1 Å². The maximum Gasteiger partial charge on any atom is 0.0271 e. The van der Waals surface area contributed by atoms with Gasteiger partial charge in [-0.25, -0.2) is 0 Å². The maximum absolute atomic E-state index is 3.96. The number of halogens is 2. The molecule has 0 saturated heterocycles. The summed E-state index contributed by atoms with van der Waals surface area (Å²) < 4.78 is 0. The number of pyridine rings is 1.